The fourth-order valence-corrected chi connectivity index (χ4v) is 1.32. The summed E-state index contributed by atoms with van der Waals surface area (Å²) in [4.78, 5) is 0. The molecule has 0 radical (unpaired) electrons. The molecule has 0 aromatic carbocycles. The molecule has 0 aromatic heterocycles. The minimum atomic E-state index is -0.705. The SMILES string of the molecule is CO[C@@H]1CCCC[C@@H]1F. The molecule has 1 rings (SSSR count). The third-order valence-corrected chi connectivity index (χ3v) is 1.92. The molecule has 2 heteroatoms. The second-order valence-corrected chi connectivity index (χ2v) is 2.57. The zero-order valence-corrected chi connectivity index (χ0v) is 5.77. The van der Waals surface area contributed by atoms with Crippen LogP contribution >= 0.6 is 0 Å². The van der Waals surface area contributed by atoms with Crippen LogP contribution in [0.4, 0.5) is 4.39 Å². The molecule has 1 aliphatic carbocycles. The molecule has 0 unspecified atom stereocenters. The van der Waals surface area contributed by atoms with E-state index in [0.717, 1.165) is 19.3 Å². The summed E-state index contributed by atoms with van der Waals surface area (Å²) in [6.07, 6.45) is 2.93. The Morgan fingerprint density at radius 3 is 2.44 bits per heavy atom. The average molecular weight is 132 g/mol. The first kappa shape index (κ1) is 7.00. The Balaban J connectivity index is 2.30. The van der Waals surface area contributed by atoms with Crippen molar-refractivity contribution in [2.75, 3.05) is 7.11 Å². The van der Waals surface area contributed by atoms with Crippen LogP contribution in [-0.4, -0.2) is 19.4 Å². The van der Waals surface area contributed by atoms with Gasteiger partial charge in [0.15, 0.2) is 0 Å². The predicted molar refractivity (Wildman–Crippen MR) is 34.2 cm³/mol. The molecule has 0 aliphatic heterocycles. The van der Waals surface area contributed by atoms with Gasteiger partial charge in [0.25, 0.3) is 0 Å². The van der Waals surface area contributed by atoms with E-state index < -0.39 is 6.17 Å². The van der Waals surface area contributed by atoms with Crippen molar-refractivity contribution in [3.05, 3.63) is 0 Å². The monoisotopic (exact) mass is 132 g/mol. The smallest absolute Gasteiger partial charge is 0.126 e. The number of ether oxygens (including phenoxy) is 1. The van der Waals surface area contributed by atoms with Gasteiger partial charge in [-0.2, -0.15) is 0 Å². The normalized spacial score (nSPS) is 36.7. The third-order valence-electron chi connectivity index (χ3n) is 1.92. The van der Waals surface area contributed by atoms with E-state index in [0.29, 0.717) is 6.42 Å². The summed E-state index contributed by atoms with van der Waals surface area (Å²) in [5.41, 5.74) is 0. The highest BCUT2D eigenvalue weighted by Gasteiger charge is 2.23. The van der Waals surface area contributed by atoms with Gasteiger partial charge in [-0.1, -0.05) is 12.8 Å². The van der Waals surface area contributed by atoms with E-state index in [1.54, 1.807) is 7.11 Å². The van der Waals surface area contributed by atoms with E-state index in [4.69, 9.17) is 4.74 Å². The van der Waals surface area contributed by atoms with Gasteiger partial charge in [0.1, 0.15) is 6.17 Å². The van der Waals surface area contributed by atoms with Gasteiger partial charge in [0.05, 0.1) is 6.10 Å². The lowest BCUT2D eigenvalue weighted by molar-refractivity contribution is 0.00586. The van der Waals surface area contributed by atoms with Gasteiger partial charge in [-0.3, -0.25) is 0 Å². The van der Waals surface area contributed by atoms with Crippen LogP contribution in [0.25, 0.3) is 0 Å². The van der Waals surface area contributed by atoms with Crippen LogP contribution in [0.5, 0.6) is 0 Å². The quantitative estimate of drug-likeness (QED) is 0.529. The van der Waals surface area contributed by atoms with E-state index in [1.807, 2.05) is 0 Å². The van der Waals surface area contributed by atoms with Crippen LogP contribution in [0.15, 0.2) is 0 Å². The Morgan fingerprint density at radius 1 is 1.33 bits per heavy atom. The standard InChI is InChI=1S/C7H13FO/c1-9-7-5-3-2-4-6(7)8/h6-7H,2-5H2,1H3/t6-,7+/m0/s1. The number of alkyl halides is 1. The molecule has 0 saturated heterocycles. The van der Waals surface area contributed by atoms with Gasteiger partial charge in [0.2, 0.25) is 0 Å². The lowest BCUT2D eigenvalue weighted by Gasteiger charge is -2.23. The van der Waals surface area contributed by atoms with Crippen molar-refractivity contribution < 1.29 is 9.13 Å². The van der Waals surface area contributed by atoms with Crippen molar-refractivity contribution in [2.24, 2.45) is 0 Å². The molecule has 0 heterocycles. The molecule has 0 bridgehead atoms. The molecule has 1 fully saturated rings. The minimum Gasteiger partial charge on any atom is -0.378 e. The molecular weight excluding hydrogens is 119 g/mol. The van der Waals surface area contributed by atoms with Crippen LogP contribution < -0.4 is 0 Å². The zero-order chi connectivity index (χ0) is 6.69. The van der Waals surface area contributed by atoms with Gasteiger partial charge in [0, 0.05) is 7.11 Å². The first-order chi connectivity index (χ1) is 4.34. The Hall–Kier alpha value is -0.110. The molecule has 54 valence electrons. The summed E-state index contributed by atoms with van der Waals surface area (Å²) >= 11 is 0. The van der Waals surface area contributed by atoms with E-state index in [1.165, 1.54) is 0 Å². The van der Waals surface area contributed by atoms with Crippen LogP contribution in [0.2, 0.25) is 0 Å². The molecule has 0 aromatic rings. The molecule has 1 aliphatic rings. The highest BCUT2D eigenvalue weighted by atomic mass is 19.1. The number of methoxy groups -OCH3 is 1. The lowest BCUT2D eigenvalue weighted by atomic mass is 9.96. The lowest BCUT2D eigenvalue weighted by Crippen LogP contribution is -2.27. The summed E-state index contributed by atoms with van der Waals surface area (Å²) in [7, 11) is 1.59. The second kappa shape index (κ2) is 3.16. The Labute approximate surface area is 55.2 Å². The Morgan fingerprint density at radius 2 is 2.00 bits per heavy atom. The van der Waals surface area contributed by atoms with E-state index in [-0.39, 0.29) is 6.10 Å². The van der Waals surface area contributed by atoms with Crippen LogP contribution in [-0.2, 0) is 4.74 Å². The number of hydrogen-bond acceptors (Lipinski definition) is 1. The molecular formula is C7H13FO. The molecule has 1 saturated carbocycles. The second-order valence-electron chi connectivity index (χ2n) is 2.57. The van der Waals surface area contributed by atoms with Gasteiger partial charge >= 0.3 is 0 Å². The summed E-state index contributed by atoms with van der Waals surface area (Å²) in [5, 5.41) is 0. The maximum atomic E-state index is 12.7. The van der Waals surface area contributed by atoms with E-state index in [9.17, 15) is 4.39 Å². The minimum absolute atomic E-state index is 0.112. The highest BCUT2D eigenvalue weighted by Crippen LogP contribution is 2.22. The Kier molecular flexibility index (Phi) is 2.46. The van der Waals surface area contributed by atoms with Crippen LogP contribution in [0.1, 0.15) is 25.7 Å². The molecule has 9 heavy (non-hydrogen) atoms. The topological polar surface area (TPSA) is 9.23 Å². The number of hydrogen-bond donors (Lipinski definition) is 0. The Bertz CT molecular complexity index is 85.0. The highest BCUT2D eigenvalue weighted by molar-refractivity contribution is 4.74. The fraction of sp³-hybridized carbons (Fsp3) is 1.00. The number of rotatable bonds is 1. The van der Waals surface area contributed by atoms with Crippen molar-refractivity contribution in [1.29, 1.82) is 0 Å². The van der Waals surface area contributed by atoms with Gasteiger partial charge in [-0.15, -0.1) is 0 Å². The zero-order valence-electron chi connectivity index (χ0n) is 5.77. The van der Waals surface area contributed by atoms with Crippen molar-refractivity contribution in [3.8, 4) is 0 Å². The van der Waals surface area contributed by atoms with Crippen molar-refractivity contribution in [2.45, 2.75) is 38.0 Å². The molecule has 0 amide bonds. The summed E-state index contributed by atoms with van der Waals surface area (Å²) in [5.74, 6) is 0. The summed E-state index contributed by atoms with van der Waals surface area (Å²) in [6, 6.07) is 0. The predicted octanol–water partition coefficient (Wildman–Crippen LogP) is 1.91. The molecule has 0 N–H and O–H groups in total. The first-order valence-electron chi connectivity index (χ1n) is 3.51. The molecule has 0 spiro atoms. The van der Waals surface area contributed by atoms with Crippen molar-refractivity contribution in [3.63, 3.8) is 0 Å². The van der Waals surface area contributed by atoms with Crippen LogP contribution in [0.3, 0.4) is 0 Å². The maximum absolute atomic E-state index is 12.7. The first-order valence-corrected chi connectivity index (χ1v) is 3.51. The summed E-state index contributed by atoms with van der Waals surface area (Å²) < 4.78 is 17.7. The van der Waals surface area contributed by atoms with E-state index >= 15 is 0 Å². The number of halogens is 1. The average Bonchev–Trinajstić information content (AvgIpc) is 1.89. The summed E-state index contributed by atoms with van der Waals surface area (Å²) in [6.45, 7) is 0. The van der Waals surface area contributed by atoms with Gasteiger partial charge in [-0.05, 0) is 12.8 Å². The fourth-order valence-electron chi connectivity index (χ4n) is 1.32. The van der Waals surface area contributed by atoms with Crippen molar-refractivity contribution >= 4 is 0 Å². The third kappa shape index (κ3) is 1.65. The molecule has 1 nitrogen and oxygen atoms in total. The van der Waals surface area contributed by atoms with Crippen LogP contribution in [0, 0.1) is 0 Å². The molecule has 2 atom stereocenters. The van der Waals surface area contributed by atoms with Crippen molar-refractivity contribution in [1.82, 2.24) is 0 Å². The van der Waals surface area contributed by atoms with E-state index in [2.05, 4.69) is 0 Å². The largest absolute Gasteiger partial charge is 0.378 e. The maximum Gasteiger partial charge on any atom is 0.126 e. The van der Waals surface area contributed by atoms with Gasteiger partial charge in [-0.25, -0.2) is 4.39 Å². The van der Waals surface area contributed by atoms with Gasteiger partial charge < -0.3 is 4.74 Å².